The number of carbonyl (C=O) groups excluding carboxylic acids is 1. The summed E-state index contributed by atoms with van der Waals surface area (Å²) in [4.78, 5) is 14.5. The SMILES string of the molecule is C=C(C)CN1C(=O)C(CC)(CC)Oc2cc(O)ccc21. The second-order valence-electron chi connectivity index (χ2n) is 5.30. The van der Waals surface area contributed by atoms with E-state index in [0.29, 0.717) is 30.8 Å². The third-order valence-electron chi connectivity index (χ3n) is 3.74. The Labute approximate surface area is 119 Å². The van der Waals surface area contributed by atoms with Crippen LogP contribution < -0.4 is 9.64 Å². The second-order valence-corrected chi connectivity index (χ2v) is 5.30. The molecule has 0 aromatic heterocycles. The zero-order valence-electron chi connectivity index (χ0n) is 12.3. The van der Waals surface area contributed by atoms with Gasteiger partial charge < -0.3 is 14.7 Å². The van der Waals surface area contributed by atoms with Crippen LogP contribution in [0, 0.1) is 0 Å². The number of carbonyl (C=O) groups is 1. The molecular weight excluding hydrogens is 254 g/mol. The van der Waals surface area contributed by atoms with Crippen molar-refractivity contribution in [2.45, 2.75) is 39.2 Å². The Balaban J connectivity index is 2.55. The Kier molecular flexibility index (Phi) is 3.75. The first-order valence-corrected chi connectivity index (χ1v) is 6.92. The molecule has 0 aliphatic carbocycles. The first kappa shape index (κ1) is 14.4. The fourth-order valence-electron chi connectivity index (χ4n) is 2.54. The standard InChI is InChI=1S/C16H21NO3/c1-5-16(6-2)15(19)17(10-11(3)4)13-8-7-12(18)9-14(13)20-16/h7-9,18H,3,5-6,10H2,1-2,4H3. The molecule has 0 bridgehead atoms. The highest BCUT2D eigenvalue weighted by molar-refractivity contribution is 6.03. The second kappa shape index (κ2) is 5.19. The Hall–Kier alpha value is -1.97. The fraction of sp³-hybridized carbons (Fsp3) is 0.438. The van der Waals surface area contributed by atoms with Gasteiger partial charge in [0.2, 0.25) is 0 Å². The maximum absolute atomic E-state index is 12.8. The van der Waals surface area contributed by atoms with Crippen molar-refractivity contribution in [1.82, 2.24) is 0 Å². The van der Waals surface area contributed by atoms with Gasteiger partial charge in [-0.2, -0.15) is 0 Å². The van der Waals surface area contributed by atoms with Crippen LogP contribution in [-0.2, 0) is 4.79 Å². The average Bonchev–Trinajstić information content (AvgIpc) is 2.41. The van der Waals surface area contributed by atoms with E-state index in [1.807, 2.05) is 20.8 Å². The number of hydrogen-bond donors (Lipinski definition) is 1. The van der Waals surface area contributed by atoms with E-state index in [2.05, 4.69) is 6.58 Å². The number of rotatable bonds is 4. The molecule has 0 atom stereocenters. The molecule has 0 saturated carbocycles. The molecule has 108 valence electrons. The predicted molar refractivity (Wildman–Crippen MR) is 79.2 cm³/mol. The van der Waals surface area contributed by atoms with Crippen molar-refractivity contribution >= 4 is 11.6 Å². The van der Waals surface area contributed by atoms with Gasteiger partial charge in [-0.15, -0.1) is 0 Å². The largest absolute Gasteiger partial charge is 0.508 e. The topological polar surface area (TPSA) is 49.8 Å². The number of amides is 1. The molecule has 4 heteroatoms. The number of ether oxygens (including phenoxy) is 1. The quantitative estimate of drug-likeness (QED) is 0.858. The number of benzene rings is 1. The van der Waals surface area contributed by atoms with Gasteiger partial charge in [0.1, 0.15) is 11.5 Å². The van der Waals surface area contributed by atoms with Crippen LogP contribution in [-0.4, -0.2) is 23.2 Å². The van der Waals surface area contributed by atoms with Crippen molar-refractivity contribution in [2.75, 3.05) is 11.4 Å². The molecule has 0 unspecified atom stereocenters. The van der Waals surface area contributed by atoms with Gasteiger partial charge in [0.25, 0.3) is 5.91 Å². The lowest BCUT2D eigenvalue weighted by molar-refractivity contribution is -0.136. The molecule has 1 N–H and O–H groups in total. The maximum atomic E-state index is 12.8. The minimum Gasteiger partial charge on any atom is -0.508 e. The monoisotopic (exact) mass is 275 g/mol. The van der Waals surface area contributed by atoms with E-state index < -0.39 is 5.60 Å². The van der Waals surface area contributed by atoms with Gasteiger partial charge in [-0.3, -0.25) is 4.79 Å². The van der Waals surface area contributed by atoms with Crippen molar-refractivity contribution in [1.29, 1.82) is 0 Å². The normalized spacial score (nSPS) is 16.6. The van der Waals surface area contributed by atoms with E-state index in [1.54, 1.807) is 23.1 Å². The predicted octanol–water partition coefficient (Wildman–Crippen LogP) is 3.25. The van der Waals surface area contributed by atoms with Gasteiger partial charge in [-0.25, -0.2) is 0 Å². The Morgan fingerprint density at radius 3 is 2.60 bits per heavy atom. The Morgan fingerprint density at radius 2 is 2.05 bits per heavy atom. The van der Waals surface area contributed by atoms with E-state index in [1.165, 1.54) is 0 Å². The summed E-state index contributed by atoms with van der Waals surface area (Å²) in [5.74, 6) is 0.646. The van der Waals surface area contributed by atoms with Crippen LogP contribution in [0.5, 0.6) is 11.5 Å². The summed E-state index contributed by atoms with van der Waals surface area (Å²) >= 11 is 0. The van der Waals surface area contributed by atoms with Crippen LogP contribution in [0.1, 0.15) is 33.6 Å². The first-order valence-electron chi connectivity index (χ1n) is 6.92. The van der Waals surface area contributed by atoms with E-state index in [-0.39, 0.29) is 11.7 Å². The highest BCUT2D eigenvalue weighted by Crippen LogP contribution is 2.42. The van der Waals surface area contributed by atoms with Crippen LogP contribution in [0.4, 0.5) is 5.69 Å². The van der Waals surface area contributed by atoms with Crippen molar-refractivity contribution in [2.24, 2.45) is 0 Å². The minimum atomic E-state index is -0.851. The van der Waals surface area contributed by atoms with Crippen molar-refractivity contribution < 1.29 is 14.6 Å². The lowest BCUT2D eigenvalue weighted by Gasteiger charge is -2.42. The van der Waals surface area contributed by atoms with E-state index in [9.17, 15) is 9.90 Å². The van der Waals surface area contributed by atoms with Gasteiger partial charge in [0.05, 0.1) is 5.69 Å². The van der Waals surface area contributed by atoms with Gasteiger partial charge in [-0.05, 0) is 31.9 Å². The first-order chi connectivity index (χ1) is 9.43. The molecule has 0 saturated heterocycles. The molecule has 0 spiro atoms. The zero-order valence-corrected chi connectivity index (χ0v) is 12.3. The summed E-state index contributed by atoms with van der Waals surface area (Å²) in [7, 11) is 0. The molecule has 1 aromatic carbocycles. The zero-order chi connectivity index (χ0) is 14.9. The van der Waals surface area contributed by atoms with Crippen LogP contribution in [0.25, 0.3) is 0 Å². The minimum absolute atomic E-state index is 0.0383. The third-order valence-corrected chi connectivity index (χ3v) is 3.74. The third kappa shape index (κ3) is 2.26. The van der Waals surface area contributed by atoms with E-state index in [4.69, 9.17) is 4.74 Å². The fourth-order valence-corrected chi connectivity index (χ4v) is 2.54. The molecule has 0 radical (unpaired) electrons. The molecule has 1 aromatic rings. The lowest BCUT2D eigenvalue weighted by Crippen LogP contribution is -2.55. The molecule has 1 heterocycles. The van der Waals surface area contributed by atoms with Gasteiger partial charge in [0.15, 0.2) is 5.60 Å². The highest BCUT2D eigenvalue weighted by Gasteiger charge is 2.45. The summed E-state index contributed by atoms with van der Waals surface area (Å²) in [5, 5.41) is 9.64. The molecule has 2 rings (SSSR count). The molecule has 4 nitrogen and oxygen atoms in total. The number of nitrogens with zero attached hydrogens (tertiary/aromatic N) is 1. The number of anilines is 1. The number of phenolic OH excluding ortho intramolecular Hbond substituents is 1. The molecule has 20 heavy (non-hydrogen) atoms. The summed E-state index contributed by atoms with van der Waals surface area (Å²) in [5.41, 5.74) is 0.740. The van der Waals surface area contributed by atoms with Crippen molar-refractivity contribution in [3.8, 4) is 11.5 Å². The molecule has 0 fully saturated rings. The van der Waals surface area contributed by atoms with E-state index >= 15 is 0 Å². The van der Waals surface area contributed by atoms with Gasteiger partial charge in [0, 0.05) is 12.6 Å². The van der Waals surface area contributed by atoms with Gasteiger partial charge in [-0.1, -0.05) is 26.0 Å². The molecule has 1 amide bonds. The van der Waals surface area contributed by atoms with E-state index in [0.717, 1.165) is 5.57 Å². The number of phenols is 1. The highest BCUT2D eigenvalue weighted by atomic mass is 16.5. The average molecular weight is 275 g/mol. The lowest BCUT2D eigenvalue weighted by atomic mass is 9.92. The summed E-state index contributed by atoms with van der Waals surface area (Å²) < 4.78 is 5.94. The van der Waals surface area contributed by atoms with Crippen LogP contribution >= 0.6 is 0 Å². The smallest absolute Gasteiger partial charge is 0.271 e. The molecular formula is C16H21NO3. The van der Waals surface area contributed by atoms with Crippen LogP contribution in [0.15, 0.2) is 30.4 Å². The van der Waals surface area contributed by atoms with Crippen molar-refractivity contribution in [3.63, 3.8) is 0 Å². The molecule has 1 aliphatic heterocycles. The molecule has 1 aliphatic rings. The number of hydrogen-bond acceptors (Lipinski definition) is 3. The van der Waals surface area contributed by atoms with Crippen LogP contribution in [0.2, 0.25) is 0 Å². The maximum Gasteiger partial charge on any atom is 0.271 e. The summed E-state index contributed by atoms with van der Waals surface area (Å²) in [6.45, 7) is 10.1. The van der Waals surface area contributed by atoms with Gasteiger partial charge >= 0.3 is 0 Å². The summed E-state index contributed by atoms with van der Waals surface area (Å²) in [6, 6.07) is 4.83. The van der Waals surface area contributed by atoms with Crippen LogP contribution in [0.3, 0.4) is 0 Å². The number of aromatic hydroxyl groups is 1. The van der Waals surface area contributed by atoms with Crippen molar-refractivity contribution in [3.05, 3.63) is 30.4 Å². The Bertz CT molecular complexity index is 547. The Morgan fingerprint density at radius 1 is 1.40 bits per heavy atom. The summed E-state index contributed by atoms with van der Waals surface area (Å²) in [6.07, 6.45) is 1.17. The number of fused-ring (bicyclic) bond motifs is 1.